The number of morpholine rings is 1. The summed E-state index contributed by atoms with van der Waals surface area (Å²) in [7, 11) is 1.92. The zero-order valence-corrected chi connectivity index (χ0v) is 16.0. The first-order valence-electron chi connectivity index (χ1n) is 10.2. The molecule has 5 heteroatoms. The van der Waals surface area contributed by atoms with Crippen LogP contribution in [0.5, 0.6) is 0 Å². The van der Waals surface area contributed by atoms with Gasteiger partial charge in [-0.15, -0.1) is 0 Å². The van der Waals surface area contributed by atoms with Gasteiger partial charge in [0.05, 0.1) is 13.2 Å². The molecular weight excluding hydrogens is 324 g/mol. The number of nitrogens with one attached hydrogen (secondary N) is 1. The molecule has 2 fully saturated rings. The van der Waals surface area contributed by atoms with Gasteiger partial charge in [-0.1, -0.05) is 24.3 Å². The minimum Gasteiger partial charge on any atom is -0.379 e. The van der Waals surface area contributed by atoms with E-state index in [1.54, 1.807) is 0 Å². The Morgan fingerprint density at radius 1 is 1.19 bits per heavy atom. The second-order valence-electron chi connectivity index (χ2n) is 7.75. The molecule has 0 saturated carbocycles. The Hall–Kier alpha value is -1.59. The maximum absolute atomic E-state index is 5.50. The van der Waals surface area contributed by atoms with E-state index in [1.165, 1.54) is 36.8 Å². The predicted octanol–water partition coefficient (Wildman–Crippen LogP) is 2.09. The van der Waals surface area contributed by atoms with E-state index >= 15 is 0 Å². The summed E-state index contributed by atoms with van der Waals surface area (Å²) in [6.07, 6.45) is 5.03. The zero-order chi connectivity index (χ0) is 17.8. The molecule has 142 valence electrons. The second kappa shape index (κ2) is 8.40. The van der Waals surface area contributed by atoms with Gasteiger partial charge in [-0.2, -0.15) is 0 Å². The highest BCUT2D eigenvalue weighted by Gasteiger charge is 2.30. The summed E-state index contributed by atoms with van der Waals surface area (Å²) in [6.45, 7) is 7.08. The SMILES string of the molecule is CN=C(NCC1CCCc2ccccc21)N1CCC(N2CCOCC2)C1. The third-order valence-corrected chi connectivity index (χ3v) is 6.24. The van der Waals surface area contributed by atoms with Crippen LogP contribution in [0.3, 0.4) is 0 Å². The lowest BCUT2D eigenvalue weighted by molar-refractivity contribution is 0.0195. The van der Waals surface area contributed by atoms with Gasteiger partial charge < -0.3 is 15.0 Å². The van der Waals surface area contributed by atoms with Crippen molar-refractivity contribution in [3.05, 3.63) is 35.4 Å². The molecule has 3 aliphatic rings. The Balaban J connectivity index is 1.33. The van der Waals surface area contributed by atoms with Gasteiger partial charge >= 0.3 is 0 Å². The molecule has 26 heavy (non-hydrogen) atoms. The maximum atomic E-state index is 5.50. The molecule has 2 heterocycles. The van der Waals surface area contributed by atoms with Crippen molar-refractivity contribution in [3.8, 4) is 0 Å². The fourth-order valence-corrected chi connectivity index (χ4v) is 4.79. The number of fused-ring (bicyclic) bond motifs is 1. The molecule has 0 spiro atoms. The van der Waals surface area contributed by atoms with E-state index in [1.807, 2.05) is 7.05 Å². The number of guanidine groups is 1. The molecule has 2 aliphatic heterocycles. The van der Waals surface area contributed by atoms with Crippen molar-refractivity contribution in [2.24, 2.45) is 4.99 Å². The van der Waals surface area contributed by atoms with E-state index in [9.17, 15) is 0 Å². The van der Waals surface area contributed by atoms with Crippen LogP contribution in [0, 0.1) is 0 Å². The summed E-state index contributed by atoms with van der Waals surface area (Å²) in [5, 5.41) is 3.68. The number of nitrogens with zero attached hydrogens (tertiary/aromatic N) is 3. The molecule has 2 unspecified atom stereocenters. The van der Waals surface area contributed by atoms with Crippen molar-refractivity contribution in [2.45, 2.75) is 37.6 Å². The first kappa shape index (κ1) is 17.8. The van der Waals surface area contributed by atoms with Crippen LogP contribution < -0.4 is 5.32 Å². The fraction of sp³-hybridized carbons (Fsp3) is 0.667. The number of hydrogen-bond donors (Lipinski definition) is 1. The lowest BCUT2D eigenvalue weighted by Gasteiger charge is -2.32. The number of hydrogen-bond acceptors (Lipinski definition) is 3. The molecule has 2 atom stereocenters. The monoisotopic (exact) mass is 356 g/mol. The summed E-state index contributed by atoms with van der Waals surface area (Å²) in [5.41, 5.74) is 3.07. The van der Waals surface area contributed by atoms with Gasteiger partial charge in [-0.25, -0.2) is 0 Å². The number of ether oxygens (including phenoxy) is 1. The largest absolute Gasteiger partial charge is 0.379 e. The molecular formula is C21H32N4O. The van der Waals surface area contributed by atoms with Crippen LogP contribution in [0.15, 0.2) is 29.3 Å². The zero-order valence-electron chi connectivity index (χ0n) is 16.0. The number of aliphatic imine (C=N–C) groups is 1. The maximum Gasteiger partial charge on any atom is 0.193 e. The first-order chi connectivity index (χ1) is 12.8. The molecule has 0 bridgehead atoms. The van der Waals surface area contributed by atoms with Crippen LogP contribution in [0.1, 0.15) is 36.3 Å². The van der Waals surface area contributed by atoms with E-state index in [4.69, 9.17) is 4.74 Å². The highest BCUT2D eigenvalue weighted by atomic mass is 16.5. The number of aryl methyl sites for hydroxylation is 1. The highest BCUT2D eigenvalue weighted by molar-refractivity contribution is 5.80. The Morgan fingerprint density at radius 2 is 2.04 bits per heavy atom. The second-order valence-corrected chi connectivity index (χ2v) is 7.75. The molecule has 0 amide bonds. The van der Waals surface area contributed by atoms with Crippen LogP contribution in [0.25, 0.3) is 0 Å². The Kier molecular flexibility index (Phi) is 5.75. The molecule has 1 N–H and O–H groups in total. The molecule has 1 aliphatic carbocycles. The van der Waals surface area contributed by atoms with Crippen molar-refractivity contribution >= 4 is 5.96 Å². The van der Waals surface area contributed by atoms with Gasteiger partial charge in [0, 0.05) is 51.7 Å². The van der Waals surface area contributed by atoms with E-state index in [0.29, 0.717) is 12.0 Å². The fourth-order valence-electron chi connectivity index (χ4n) is 4.79. The lowest BCUT2D eigenvalue weighted by atomic mass is 9.83. The average Bonchev–Trinajstić information content (AvgIpc) is 3.19. The third kappa shape index (κ3) is 3.89. The van der Waals surface area contributed by atoms with Gasteiger partial charge in [0.15, 0.2) is 5.96 Å². The Labute approximate surface area is 157 Å². The third-order valence-electron chi connectivity index (χ3n) is 6.24. The van der Waals surface area contributed by atoms with Gasteiger partial charge in [-0.05, 0) is 36.8 Å². The summed E-state index contributed by atoms with van der Waals surface area (Å²) in [6, 6.07) is 9.61. The molecule has 1 aromatic carbocycles. The van der Waals surface area contributed by atoms with Crippen LogP contribution in [-0.2, 0) is 11.2 Å². The summed E-state index contributed by atoms with van der Waals surface area (Å²) in [5.74, 6) is 1.68. The molecule has 0 radical (unpaired) electrons. The quantitative estimate of drug-likeness (QED) is 0.665. The molecule has 0 aromatic heterocycles. The summed E-state index contributed by atoms with van der Waals surface area (Å²) in [4.78, 5) is 9.61. The predicted molar refractivity (Wildman–Crippen MR) is 106 cm³/mol. The van der Waals surface area contributed by atoms with Crippen molar-refractivity contribution in [2.75, 3.05) is 53.0 Å². The first-order valence-corrected chi connectivity index (χ1v) is 10.2. The smallest absolute Gasteiger partial charge is 0.193 e. The lowest BCUT2D eigenvalue weighted by Crippen LogP contribution is -2.47. The van der Waals surface area contributed by atoms with Crippen molar-refractivity contribution in [1.29, 1.82) is 0 Å². The Morgan fingerprint density at radius 3 is 2.88 bits per heavy atom. The average molecular weight is 357 g/mol. The van der Waals surface area contributed by atoms with Crippen LogP contribution in [0.2, 0.25) is 0 Å². The van der Waals surface area contributed by atoms with Crippen LogP contribution in [0.4, 0.5) is 0 Å². The van der Waals surface area contributed by atoms with Crippen molar-refractivity contribution in [1.82, 2.24) is 15.1 Å². The highest BCUT2D eigenvalue weighted by Crippen LogP contribution is 2.30. The molecule has 4 rings (SSSR count). The topological polar surface area (TPSA) is 40.1 Å². The van der Waals surface area contributed by atoms with Gasteiger partial charge in [0.2, 0.25) is 0 Å². The van der Waals surface area contributed by atoms with Crippen molar-refractivity contribution in [3.63, 3.8) is 0 Å². The number of benzene rings is 1. The van der Waals surface area contributed by atoms with E-state index in [0.717, 1.165) is 51.9 Å². The van der Waals surface area contributed by atoms with E-state index in [-0.39, 0.29) is 0 Å². The molecule has 5 nitrogen and oxygen atoms in total. The van der Waals surface area contributed by atoms with Gasteiger partial charge in [0.25, 0.3) is 0 Å². The van der Waals surface area contributed by atoms with Gasteiger partial charge in [0.1, 0.15) is 0 Å². The van der Waals surface area contributed by atoms with E-state index in [2.05, 4.69) is 44.4 Å². The van der Waals surface area contributed by atoms with Crippen LogP contribution in [-0.4, -0.2) is 74.8 Å². The minimum absolute atomic E-state index is 0.606. The number of rotatable bonds is 3. The minimum atomic E-state index is 0.606. The van der Waals surface area contributed by atoms with Crippen molar-refractivity contribution < 1.29 is 4.74 Å². The molecule has 2 saturated heterocycles. The molecule has 1 aromatic rings. The summed E-state index contributed by atoms with van der Waals surface area (Å²) < 4.78 is 5.50. The standard InChI is InChI=1S/C21H32N4O/c1-22-21(25-10-9-19(16-25)24-11-13-26-14-12-24)23-15-18-7-4-6-17-5-2-3-8-20(17)18/h2-3,5,8,18-19H,4,6-7,9-16H2,1H3,(H,22,23). The Bertz CT molecular complexity index is 626. The summed E-state index contributed by atoms with van der Waals surface area (Å²) >= 11 is 0. The number of likely N-dealkylation sites (tertiary alicyclic amines) is 1. The van der Waals surface area contributed by atoms with E-state index < -0.39 is 0 Å². The van der Waals surface area contributed by atoms with Gasteiger partial charge in [-0.3, -0.25) is 9.89 Å². The normalized spacial score (nSPS) is 27.4. The van der Waals surface area contributed by atoms with Crippen LogP contribution >= 0.6 is 0 Å².